The number of amides is 1. The number of carbonyl (C=O) groups excluding carboxylic acids is 1. The summed E-state index contributed by atoms with van der Waals surface area (Å²) in [6.07, 6.45) is 0. The maximum Gasteiger partial charge on any atom is 0.238 e. The molecule has 1 amide bonds. The van der Waals surface area contributed by atoms with Crippen LogP contribution in [0.4, 0.5) is 15.8 Å². The van der Waals surface area contributed by atoms with Gasteiger partial charge in [-0.1, -0.05) is 20.8 Å². The molecule has 0 atom stereocenters. The molecule has 0 aliphatic heterocycles. The van der Waals surface area contributed by atoms with E-state index in [-0.39, 0.29) is 17.9 Å². The first-order valence-electron chi connectivity index (χ1n) is 6.21. The van der Waals surface area contributed by atoms with Crippen molar-refractivity contribution in [2.24, 2.45) is 5.41 Å². The Kier molecular flexibility index (Phi) is 4.89. The van der Waals surface area contributed by atoms with E-state index in [1.54, 1.807) is 0 Å². The SMILES string of the molecule is CN(CC(=O)Nc1cc(F)ccc1N)CC(C)(C)C. The molecular weight excluding hydrogens is 245 g/mol. The van der Waals surface area contributed by atoms with E-state index >= 15 is 0 Å². The zero-order valence-corrected chi connectivity index (χ0v) is 12.0. The molecule has 0 radical (unpaired) electrons. The smallest absolute Gasteiger partial charge is 0.238 e. The van der Waals surface area contributed by atoms with Gasteiger partial charge in [-0.15, -0.1) is 0 Å². The van der Waals surface area contributed by atoms with Crippen molar-refractivity contribution < 1.29 is 9.18 Å². The highest BCUT2D eigenvalue weighted by Gasteiger charge is 2.16. The van der Waals surface area contributed by atoms with Gasteiger partial charge in [0.25, 0.3) is 0 Å². The number of hydrogen-bond acceptors (Lipinski definition) is 3. The highest BCUT2D eigenvalue weighted by molar-refractivity contribution is 5.95. The number of rotatable bonds is 4. The van der Waals surface area contributed by atoms with Gasteiger partial charge in [0.1, 0.15) is 5.82 Å². The van der Waals surface area contributed by atoms with Crippen LogP contribution in [0.3, 0.4) is 0 Å². The third-order valence-electron chi connectivity index (χ3n) is 2.45. The quantitative estimate of drug-likeness (QED) is 0.823. The van der Waals surface area contributed by atoms with Crippen molar-refractivity contribution in [3.05, 3.63) is 24.0 Å². The van der Waals surface area contributed by atoms with Gasteiger partial charge in [0.05, 0.1) is 17.9 Å². The van der Waals surface area contributed by atoms with Crippen LogP contribution in [0.2, 0.25) is 0 Å². The lowest BCUT2D eigenvalue weighted by Gasteiger charge is -2.26. The average Bonchev–Trinajstić information content (AvgIpc) is 2.20. The fourth-order valence-electron chi connectivity index (χ4n) is 1.94. The second-order valence-corrected chi connectivity index (χ2v) is 6.01. The second kappa shape index (κ2) is 6.02. The number of nitrogens with two attached hydrogens (primary N) is 1. The Hall–Kier alpha value is -1.62. The van der Waals surface area contributed by atoms with Crippen molar-refractivity contribution in [3.63, 3.8) is 0 Å². The maximum atomic E-state index is 13.1. The second-order valence-electron chi connectivity index (χ2n) is 6.01. The van der Waals surface area contributed by atoms with Crippen molar-refractivity contribution in [2.45, 2.75) is 20.8 Å². The first kappa shape index (κ1) is 15.4. The van der Waals surface area contributed by atoms with E-state index in [9.17, 15) is 9.18 Å². The zero-order valence-electron chi connectivity index (χ0n) is 12.0. The molecule has 0 aliphatic rings. The van der Waals surface area contributed by atoms with E-state index in [4.69, 9.17) is 5.73 Å². The topological polar surface area (TPSA) is 58.4 Å². The highest BCUT2D eigenvalue weighted by atomic mass is 19.1. The van der Waals surface area contributed by atoms with Crippen molar-refractivity contribution in [1.82, 2.24) is 4.90 Å². The monoisotopic (exact) mass is 267 g/mol. The molecule has 4 nitrogen and oxygen atoms in total. The summed E-state index contributed by atoms with van der Waals surface area (Å²) in [5.41, 5.74) is 6.46. The van der Waals surface area contributed by atoms with Crippen LogP contribution in [0.25, 0.3) is 0 Å². The minimum atomic E-state index is -0.424. The minimum Gasteiger partial charge on any atom is -0.397 e. The summed E-state index contributed by atoms with van der Waals surface area (Å²) in [6.45, 7) is 7.34. The van der Waals surface area contributed by atoms with Crippen molar-refractivity contribution in [2.75, 3.05) is 31.2 Å². The Labute approximate surface area is 113 Å². The molecule has 19 heavy (non-hydrogen) atoms. The van der Waals surface area contributed by atoms with Crippen LogP contribution in [0.15, 0.2) is 18.2 Å². The molecule has 3 N–H and O–H groups in total. The Morgan fingerprint density at radius 3 is 2.63 bits per heavy atom. The summed E-state index contributed by atoms with van der Waals surface area (Å²) in [6, 6.07) is 3.91. The third kappa shape index (κ3) is 5.70. The number of nitrogens with zero attached hydrogens (tertiary/aromatic N) is 1. The molecule has 1 rings (SSSR count). The van der Waals surface area contributed by atoms with Gasteiger partial charge in [0, 0.05) is 6.54 Å². The number of carbonyl (C=O) groups is 1. The van der Waals surface area contributed by atoms with Crippen LogP contribution in [0.1, 0.15) is 20.8 Å². The molecular formula is C14H22FN3O. The highest BCUT2D eigenvalue weighted by Crippen LogP contribution is 2.19. The van der Waals surface area contributed by atoms with Crippen LogP contribution < -0.4 is 11.1 Å². The first-order valence-corrected chi connectivity index (χ1v) is 6.21. The van der Waals surface area contributed by atoms with Gasteiger partial charge < -0.3 is 11.1 Å². The van der Waals surface area contributed by atoms with Crippen molar-refractivity contribution >= 4 is 17.3 Å². The number of halogens is 1. The average molecular weight is 267 g/mol. The number of hydrogen-bond donors (Lipinski definition) is 2. The number of nitrogens with one attached hydrogen (secondary N) is 1. The van der Waals surface area contributed by atoms with Gasteiger partial charge in [-0.25, -0.2) is 4.39 Å². The van der Waals surface area contributed by atoms with Gasteiger partial charge in [0.15, 0.2) is 0 Å². The summed E-state index contributed by atoms with van der Waals surface area (Å²) in [4.78, 5) is 13.8. The van der Waals surface area contributed by atoms with Crippen LogP contribution in [0.5, 0.6) is 0 Å². The molecule has 0 bridgehead atoms. The predicted molar refractivity (Wildman–Crippen MR) is 76.4 cm³/mol. The Balaban J connectivity index is 2.58. The van der Waals surface area contributed by atoms with E-state index in [1.807, 2.05) is 11.9 Å². The molecule has 0 heterocycles. The molecule has 0 unspecified atom stereocenters. The molecule has 0 saturated heterocycles. The standard InChI is InChI=1S/C14H22FN3O/c1-14(2,3)9-18(4)8-13(19)17-12-7-10(15)5-6-11(12)16/h5-7H,8-9,16H2,1-4H3,(H,17,19). The molecule has 0 aliphatic carbocycles. The molecule has 0 fully saturated rings. The van der Waals surface area contributed by atoms with Gasteiger partial charge in [-0.05, 0) is 30.7 Å². The number of anilines is 2. The van der Waals surface area contributed by atoms with Crippen LogP contribution in [-0.4, -0.2) is 30.9 Å². The summed E-state index contributed by atoms with van der Waals surface area (Å²) in [7, 11) is 1.87. The van der Waals surface area contributed by atoms with Gasteiger partial charge in [0.2, 0.25) is 5.91 Å². The van der Waals surface area contributed by atoms with E-state index in [0.29, 0.717) is 11.4 Å². The summed E-state index contributed by atoms with van der Waals surface area (Å²) >= 11 is 0. The lowest BCUT2D eigenvalue weighted by atomic mass is 9.96. The molecule has 0 saturated carbocycles. The normalized spacial score (nSPS) is 11.7. The molecule has 1 aromatic carbocycles. The Bertz CT molecular complexity index is 454. The summed E-state index contributed by atoms with van der Waals surface area (Å²) in [5.74, 6) is -0.628. The number of likely N-dealkylation sites (N-methyl/N-ethyl adjacent to an activating group) is 1. The van der Waals surface area contributed by atoms with E-state index in [0.717, 1.165) is 6.54 Å². The van der Waals surface area contributed by atoms with E-state index in [1.165, 1.54) is 18.2 Å². The molecule has 0 aromatic heterocycles. The predicted octanol–water partition coefficient (Wildman–Crippen LogP) is 2.32. The lowest BCUT2D eigenvalue weighted by Crippen LogP contribution is -2.35. The van der Waals surface area contributed by atoms with Gasteiger partial charge in [-0.3, -0.25) is 9.69 Å². The van der Waals surface area contributed by atoms with Gasteiger partial charge in [-0.2, -0.15) is 0 Å². The van der Waals surface area contributed by atoms with Crippen LogP contribution >= 0.6 is 0 Å². The fraction of sp³-hybridized carbons (Fsp3) is 0.500. The number of benzene rings is 1. The Morgan fingerprint density at radius 2 is 2.05 bits per heavy atom. The van der Waals surface area contributed by atoms with E-state index < -0.39 is 5.82 Å². The van der Waals surface area contributed by atoms with Crippen LogP contribution in [-0.2, 0) is 4.79 Å². The molecule has 1 aromatic rings. The summed E-state index contributed by atoms with van der Waals surface area (Å²) < 4.78 is 13.1. The maximum absolute atomic E-state index is 13.1. The molecule has 5 heteroatoms. The molecule has 106 valence electrons. The van der Waals surface area contributed by atoms with E-state index in [2.05, 4.69) is 26.1 Å². The third-order valence-corrected chi connectivity index (χ3v) is 2.45. The van der Waals surface area contributed by atoms with Crippen LogP contribution in [0, 0.1) is 11.2 Å². The van der Waals surface area contributed by atoms with Gasteiger partial charge >= 0.3 is 0 Å². The number of nitrogen functional groups attached to an aromatic ring is 1. The Morgan fingerprint density at radius 1 is 1.42 bits per heavy atom. The summed E-state index contributed by atoms with van der Waals surface area (Å²) in [5, 5.41) is 2.62. The first-order chi connectivity index (χ1) is 8.67. The fourth-order valence-corrected chi connectivity index (χ4v) is 1.94. The van der Waals surface area contributed by atoms with Crippen molar-refractivity contribution in [3.8, 4) is 0 Å². The largest absolute Gasteiger partial charge is 0.397 e. The zero-order chi connectivity index (χ0) is 14.6. The van der Waals surface area contributed by atoms with Crippen molar-refractivity contribution in [1.29, 1.82) is 0 Å². The minimum absolute atomic E-state index is 0.118. The lowest BCUT2D eigenvalue weighted by molar-refractivity contribution is -0.117. The molecule has 0 spiro atoms.